The average Bonchev–Trinajstić information content (AvgIpc) is 2.91. The molecule has 0 radical (unpaired) electrons. The topological polar surface area (TPSA) is 29.4 Å². The lowest BCUT2D eigenvalue weighted by atomic mass is 9.98. The Balaban J connectivity index is 1.69. The fourth-order valence-electron chi connectivity index (χ4n) is 3.83. The summed E-state index contributed by atoms with van der Waals surface area (Å²) < 4.78 is 28.1. The molecule has 0 saturated carbocycles. The molecule has 0 N–H and O–H groups in total. The molecule has 0 saturated heterocycles. The Labute approximate surface area is 171 Å². The first-order chi connectivity index (χ1) is 14.2. The maximum Gasteiger partial charge on any atom is 0.127 e. The van der Waals surface area contributed by atoms with E-state index in [4.69, 9.17) is 4.99 Å². The van der Waals surface area contributed by atoms with E-state index in [0.29, 0.717) is 22.6 Å². The molecule has 1 heterocycles. The summed E-state index contributed by atoms with van der Waals surface area (Å²) in [4.78, 5) is 5.52. The molecule has 1 aliphatic rings. The Morgan fingerprint density at radius 1 is 0.828 bits per heavy atom. The van der Waals surface area contributed by atoms with Crippen LogP contribution in [0.3, 0.4) is 0 Å². The Morgan fingerprint density at radius 3 is 2.41 bits per heavy atom. The van der Waals surface area contributed by atoms with Crippen LogP contribution in [0, 0.1) is 5.82 Å². The zero-order valence-electron chi connectivity index (χ0n) is 15.6. The molecule has 0 unspecified atom stereocenters. The third-order valence-electron chi connectivity index (χ3n) is 5.31. The molecule has 0 spiro atoms. The molecule has 2 nitrogen and oxygen atoms in total. The first-order valence-electron chi connectivity index (χ1n) is 9.51. The minimum Gasteiger partial charge on any atom is -0.254 e. The molecule has 4 heteroatoms. The Kier molecular flexibility index (Phi) is 4.57. The monoisotopic (exact) mass is 399 g/mol. The number of fused-ring (bicyclic) bond motifs is 2. The highest BCUT2D eigenvalue weighted by Gasteiger charge is 2.29. The SMILES string of the molecule is O=[S@]1c2ccccc2N=C(c2ccc3ccccc3c2)C[C@H]1c1ccccc1F. The van der Waals surface area contributed by atoms with E-state index < -0.39 is 16.0 Å². The van der Waals surface area contributed by atoms with Crippen molar-refractivity contribution in [2.24, 2.45) is 4.99 Å². The second kappa shape index (κ2) is 7.37. The molecule has 1 aliphatic heterocycles. The highest BCUT2D eigenvalue weighted by molar-refractivity contribution is 7.85. The highest BCUT2D eigenvalue weighted by atomic mass is 32.2. The molecular weight excluding hydrogens is 381 g/mol. The first-order valence-corrected chi connectivity index (χ1v) is 10.7. The number of para-hydroxylation sites is 1. The quantitative estimate of drug-likeness (QED) is 0.386. The third kappa shape index (κ3) is 3.30. The van der Waals surface area contributed by atoms with Gasteiger partial charge >= 0.3 is 0 Å². The largest absolute Gasteiger partial charge is 0.254 e. The third-order valence-corrected chi connectivity index (χ3v) is 7.03. The summed E-state index contributed by atoms with van der Waals surface area (Å²) in [7, 11) is -1.41. The van der Waals surface area contributed by atoms with Gasteiger partial charge in [0, 0.05) is 17.7 Å². The summed E-state index contributed by atoms with van der Waals surface area (Å²) in [5, 5.41) is 1.78. The fourth-order valence-corrected chi connectivity index (χ4v) is 5.40. The van der Waals surface area contributed by atoms with Crippen LogP contribution in [0.4, 0.5) is 10.1 Å². The van der Waals surface area contributed by atoms with E-state index in [2.05, 4.69) is 24.3 Å². The van der Waals surface area contributed by atoms with Gasteiger partial charge in [0.2, 0.25) is 0 Å². The maximum atomic E-state index is 14.6. The van der Waals surface area contributed by atoms with E-state index in [1.54, 1.807) is 18.2 Å². The molecule has 0 fully saturated rings. The standard InChI is InChI=1S/C25H18FNOS/c26-21-10-4-3-9-20(21)25-16-23(27-22-11-5-6-12-24(22)29(25)28)19-14-13-17-7-1-2-8-18(17)15-19/h1-15,25H,16H2/t25-,29-/m0/s1. The van der Waals surface area contributed by atoms with Gasteiger partial charge in [-0.3, -0.25) is 9.20 Å². The number of nitrogens with zero attached hydrogens (tertiary/aromatic N) is 1. The van der Waals surface area contributed by atoms with E-state index in [1.165, 1.54) is 6.07 Å². The van der Waals surface area contributed by atoms with Gasteiger partial charge in [0.25, 0.3) is 0 Å². The van der Waals surface area contributed by atoms with Crippen LogP contribution in [0.25, 0.3) is 10.8 Å². The van der Waals surface area contributed by atoms with Gasteiger partial charge in [-0.1, -0.05) is 66.7 Å². The van der Waals surface area contributed by atoms with Gasteiger partial charge in [-0.25, -0.2) is 4.39 Å². The van der Waals surface area contributed by atoms with Gasteiger partial charge in [0.15, 0.2) is 0 Å². The van der Waals surface area contributed by atoms with Crippen LogP contribution in [0.2, 0.25) is 0 Å². The van der Waals surface area contributed by atoms with Gasteiger partial charge in [-0.05, 0) is 40.6 Å². The summed E-state index contributed by atoms with van der Waals surface area (Å²) in [6.45, 7) is 0. The van der Waals surface area contributed by atoms with Crippen molar-refractivity contribution in [2.75, 3.05) is 0 Å². The van der Waals surface area contributed by atoms with E-state index in [0.717, 1.165) is 22.0 Å². The van der Waals surface area contributed by atoms with E-state index in [-0.39, 0.29) is 5.82 Å². The van der Waals surface area contributed by atoms with Crippen LogP contribution < -0.4 is 0 Å². The number of aliphatic imine (C=N–C) groups is 1. The lowest BCUT2D eigenvalue weighted by Gasteiger charge is -2.17. The first kappa shape index (κ1) is 18.0. The minimum absolute atomic E-state index is 0.330. The Hall–Kier alpha value is -3.11. The highest BCUT2D eigenvalue weighted by Crippen LogP contribution is 2.39. The number of hydrogen-bond donors (Lipinski definition) is 0. The van der Waals surface area contributed by atoms with Gasteiger partial charge in [0.05, 0.1) is 26.6 Å². The van der Waals surface area contributed by atoms with Crippen molar-refractivity contribution in [1.29, 1.82) is 0 Å². The van der Waals surface area contributed by atoms with Crippen LogP contribution in [0.1, 0.15) is 22.8 Å². The number of benzene rings is 4. The second-order valence-electron chi connectivity index (χ2n) is 7.10. The van der Waals surface area contributed by atoms with Crippen LogP contribution in [-0.4, -0.2) is 9.92 Å². The normalized spacial score (nSPS) is 18.7. The van der Waals surface area contributed by atoms with E-state index in [1.807, 2.05) is 42.5 Å². The van der Waals surface area contributed by atoms with Crippen LogP contribution in [0.5, 0.6) is 0 Å². The van der Waals surface area contributed by atoms with Crippen LogP contribution in [0.15, 0.2) is 101 Å². The molecule has 2 atom stereocenters. The predicted octanol–water partition coefficient (Wildman–Crippen LogP) is 6.35. The van der Waals surface area contributed by atoms with Gasteiger partial charge in [-0.2, -0.15) is 0 Å². The van der Waals surface area contributed by atoms with Crippen LogP contribution in [-0.2, 0) is 10.8 Å². The summed E-state index contributed by atoms with van der Waals surface area (Å²) in [6, 6.07) is 28.4. The van der Waals surface area contributed by atoms with Crippen LogP contribution >= 0.6 is 0 Å². The summed E-state index contributed by atoms with van der Waals surface area (Å²) in [6.07, 6.45) is 0.403. The molecule has 4 aromatic carbocycles. The van der Waals surface area contributed by atoms with Crippen molar-refractivity contribution in [2.45, 2.75) is 16.6 Å². The Morgan fingerprint density at radius 2 is 1.55 bits per heavy atom. The van der Waals surface area contributed by atoms with Crippen molar-refractivity contribution >= 4 is 33.0 Å². The van der Waals surface area contributed by atoms with Gasteiger partial charge < -0.3 is 0 Å². The second-order valence-corrected chi connectivity index (χ2v) is 8.70. The van der Waals surface area contributed by atoms with Crippen molar-refractivity contribution < 1.29 is 8.60 Å². The fraction of sp³-hybridized carbons (Fsp3) is 0.0800. The molecule has 0 aromatic heterocycles. The molecule has 142 valence electrons. The lowest BCUT2D eigenvalue weighted by molar-refractivity contribution is 0.604. The average molecular weight is 399 g/mol. The number of hydrogen-bond acceptors (Lipinski definition) is 2. The Bertz CT molecular complexity index is 1280. The van der Waals surface area contributed by atoms with Crippen molar-refractivity contribution in [3.05, 3.63) is 108 Å². The smallest absolute Gasteiger partial charge is 0.127 e. The predicted molar refractivity (Wildman–Crippen MR) is 117 cm³/mol. The molecule has 0 bridgehead atoms. The number of rotatable bonds is 2. The maximum absolute atomic E-state index is 14.6. The minimum atomic E-state index is -1.41. The van der Waals surface area contributed by atoms with Gasteiger partial charge in [-0.15, -0.1) is 0 Å². The van der Waals surface area contributed by atoms with Crippen molar-refractivity contribution in [1.82, 2.24) is 0 Å². The molecule has 4 aromatic rings. The molecule has 29 heavy (non-hydrogen) atoms. The summed E-state index contributed by atoms with van der Waals surface area (Å²) in [5.74, 6) is -0.330. The molecule has 0 aliphatic carbocycles. The molecular formula is C25H18FNOS. The summed E-state index contributed by atoms with van der Waals surface area (Å²) >= 11 is 0. The zero-order valence-corrected chi connectivity index (χ0v) is 16.4. The summed E-state index contributed by atoms with van der Waals surface area (Å²) in [5.41, 5.74) is 2.95. The van der Waals surface area contributed by atoms with Crippen molar-refractivity contribution in [3.63, 3.8) is 0 Å². The number of halogens is 1. The van der Waals surface area contributed by atoms with E-state index >= 15 is 0 Å². The lowest BCUT2D eigenvalue weighted by Crippen LogP contribution is -2.13. The molecule has 0 amide bonds. The zero-order chi connectivity index (χ0) is 19.8. The van der Waals surface area contributed by atoms with E-state index in [9.17, 15) is 8.60 Å². The van der Waals surface area contributed by atoms with Gasteiger partial charge in [0.1, 0.15) is 5.82 Å². The van der Waals surface area contributed by atoms with Crippen molar-refractivity contribution in [3.8, 4) is 0 Å². The molecule has 5 rings (SSSR count).